The van der Waals surface area contributed by atoms with Gasteiger partial charge in [-0.15, -0.1) is 0 Å². The molecule has 1 atom stereocenters. The second-order valence-corrected chi connectivity index (χ2v) is 5.50. The second-order valence-electron chi connectivity index (χ2n) is 5.50. The Morgan fingerprint density at radius 3 is 2.89 bits per heavy atom. The highest BCUT2D eigenvalue weighted by Gasteiger charge is 2.37. The van der Waals surface area contributed by atoms with Gasteiger partial charge in [-0.05, 0) is 26.0 Å². The van der Waals surface area contributed by atoms with E-state index in [1.165, 1.54) is 0 Å². The van der Waals surface area contributed by atoms with Crippen LogP contribution in [0.15, 0.2) is 24.3 Å². The number of hydrogen-bond donors (Lipinski definition) is 1. The highest BCUT2D eigenvalue weighted by atomic mass is 16.5. The van der Waals surface area contributed by atoms with Crippen LogP contribution in [0, 0.1) is 11.3 Å². The number of rotatable bonds is 3. The fraction of sp³-hybridized carbons (Fsp3) is 0.533. The van der Waals surface area contributed by atoms with E-state index >= 15 is 0 Å². The minimum Gasteiger partial charge on any atom is -0.495 e. The van der Waals surface area contributed by atoms with Crippen LogP contribution in [0.1, 0.15) is 20.3 Å². The molecule has 1 aromatic carbocycles. The first-order valence-corrected chi connectivity index (χ1v) is 6.60. The van der Waals surface area contributed by atoms with Crippen molar-refractivity contribution in [2.24, 2.45) is 0 Å². The Labute approximate surface area is 115 Å². The van der Waals surface area contributed by atoms with Crippen molar-refractivity contribution in [1.82, 2.24) is 5.32 Å². The van der Waals surface area contributed by atoms with Crippen molar-refractivity contribution in [3.8, 4) is 11.8 Å². The molecule has 1 heterocycles. The van der Waals surface area contributed by atoms with Gasteiger partial charge in [0, 0.05) is 18.6 Å². The topological polar surface area (TPSA) is 48.3 Å². The van der Waals surface area contributed by atoms with Crippen LogP contribution >= 0.6 is 0 Å². The molecule has 0 aromatic heterocycles. The molecule has 1 saturated heterocycles. The number of methoxy groups -OCH3 is 1. The molecule has 0 saturated carbocycles. The Kier molecular flexibility index (Phi) is 3.96. The molecule has 0 radical (unpaired) electrons. The lowest BCUT2D eigenvalue weighted by atomic mass is 9.93. The van der Waals surface area contributed by atoms with Gasteiger partial charge in [-0.2, -0.15) is 5.26 Å². The van der Waals surface area contributed by atoms with Gasteiger partial charge in [0.05, 0.1) is 31.3 Å². The van der Waals surface area contributed by atoms with E-state index in [4.69, 9.17) is 10.00 Å². The van der Waals surface area contributed by atoms with E-state index in [0.29, 0.717) is 6.42 Å². The van der Waals surface area contributed by atoms with Crippen molar-refractivity contribution in [1.29, 1.82) is 5.26 Å². The first-order valence-electron chi connectivity index (χ1n) is 6.60. The molecule has 19 heavy (non-hydrogen) atoms. The summed E-state index contributed by atoms with van der Waals surface area (Å²) in [6.07, 6.45) is 0.508. The zero-order chi connectivity index (χ0) is 13.9. The van der Waals surface area contributed by atoms with E-state index in [2.05, 4.69) is 36.2 Å². The summed E-state index contributed by atoms with van der Waals surface area (Å²) in [6.45, 7) is 6.11. The zero-order valence-corrected chi connectivity index (χ0v) is 11.8. The Bertz CT molecular complexity index is 479. The Morgan fingerprint density at radius 1 is 1.47 bits per heavy atom. The Hall–Kier alpha value is -1.73. The molecule has 1 aliphatic rings. The van der Waals surface area contributed by atoms with Gasteiger partial charge < -0.3 is 15.0 Å². The minimum absolute atomic E-state index is 0.0472. The van der Waals surface area contributed by atoms with Crippen LogP contribution in [-0.2, 0) is 0 Å². The number of anilines is 1. The number of hydrogen-bond acceptors (Lipinski definition) is 4. The van der Waals surface area contributed by atoms with E-state index in [1.807, 2.05) is 18.2 Å². The molecular formula is C15H21N3O. The predicted molar refractivity (Wildman–Crippen MR) is 76.4 cm³/mol. The van der Waals surface area contributed by atoms with Gasteiger partial charge in [-0.1, -0.05) is 12.1 Å². The van der Waals surface area contributed by atoms with E-state index in [1.54, 1.807) is 7.11 Å². The first kappa shape index (κ1) is 13.7. The summed E-state index contributed by atoms with van der Waals surface area (Å²) in [4.78, 5) is 2.32. The van der Waals surface area contributed by atoms with Gasteiger partial charge in [0.15, 0.2) is 0 Å². The molecule has 1 aromatic rings. The molecular weight excluding hydrogens is 238 g/mol. The summed E-state index contributed by atoms with van der Waals surface area (Å²) in [5.74, 6) is 0.861. The van der Waals surface area contributed by atoms with Crippen molar-refractivity contribution >= 4 is 5.69 Å². The summed E-state index contributed by atoms with van der Waals surface area (Å²) in [5.41, 5.74) is 1.02. The molecule has 0 spiro atoms. The molecule has 2 rings (SSSR count). The van der Waals surface area contributed by atoms with Crippen LogP contribution < -0.4 is 15.0 Å². The Morgan fingerprint density at radius 2 is 2.21 bits per heavy atom. The third kappa shape index (κ3) is 2.66. The molecule has 1 unspecified atom stereocenters. The SMILES string of the molecule is COc1ccccc1N1C(CC#N)CNCC1(C)C. The van der Waals surface area contributed by atoms with Crippen LogP contribution in [0.3, 0.4) is 0 Å². The van der Waals surface area contributed by atoms with E-state index in [-0.39, 0.29) is 11.6 Å². The third-order valence-electron chi connectivity index (χ3n) is 3.63. The van der Waals surface area contributed by atoms with Crippen LogP contribution in [0.2, 0.25) is 0 Å². The molecule has 4 heteroatoms. The Balaban J connectivity index is 2.43. The highest BCUT2D eigenvalue weighted by molar-refractivity contribution is 5.61. The van der Waals surface area contributed by atoms with Crippen LogP contribution in [0.4, 0.5) is 5.69 Å². The van der Waals surface area contributed by atoms with Crippen molar-refractivity contribution in [2.75, 3.05) is 25.1 Å². The summed E-state index contributed by atoms with van der Waals surface area (Å²) < 4.78 is 5.47. The number of nitrogens with zero attached hydrogens (tertiary/aromatic N) is 2. The lowest BCUT2D eigenvalue weighted by Gasteiger charge is -2.49. The van der Waals surface area contributed by atoms with E-state index < -0.39 is 0 Å². The van der Waals surface area contributed by atoms with E-state index in [0.717, 1.165) is 24.5 Å². The second kappa shape index (κ2) is 5.50. The largest absolute Gasteiger partial charge is 0.495 e. The lowest BCUT2D eigenvalue weighted by molar-refractivity contribution is 0.318. The van der Waals surface area contributed by atoms with Gasteiger partial charge in [0.2, 0.25) is 0 Å². The monoisotopic (exact) mass is 259 g/mol. The molecule has 0 amide bonds. The minimum atomic E-state index is -0.0472. The summed E-state index contributed by atoms with van der Waals surface area (Å²) in [7, 11) is 1.69. The van der Waals surface area contributed by atoms with Gasteiger partial charge >= 0.3 is 0 Å². The van der Waals surface area contributed by atoms with Crippen molar-refractivity contribution in [3.63, 3.8) is 0 Å². The standard InChI is InChI=1S/C15H21N3O/c1-15(2)11-17-10-12(8-9-16)18(15)13-6-4-5-7-14(13)19-3/h4-7,12,17H,8,10-11H2,1-3H3. The molecule has 1 N–H and O–H groups in total. The smallest absolute Gasteiger partial charge is 0.142 e. The molecule has 1 aliphatic heterocycles. The van der Waals surface area contributed by atoms with Crippen LogP contribution in [0.5, 0.6) is 5.75 Å². The predicted octanol–water partition coefficient (Wildman–Crippen LogP) is 2.17. The molecule has 0 aliphatic carbocycles. The average Bonchev–Trinajstić information content (AvgIpc) is 2.38. The molecule has 1 fully saturated rings. The van der Waals surface area contributed by atoms with Gasteiger partial charge in [-0.25, -0.2) is 0 Å². The maximum Gasteiger partial charge on any atom is 0.142 e. The van der Waals surface area contributed by atoms with Gasteiger partial charge in [-0.3, -0.25) is 0 Å². The first-order chi connectivity index (χ1) is 9.10. The number of ether oxygens (including phenoxy) is 1. The number of piperazine rings is 1. The van der Waals surface area contributed by atoms with Crippen molar-refractivity contribution < 1.29 is 4.74 Å². The fourth-order valence-corrected chi connectivity index (χ4v) is 2.84. The summed E-state index contributed by atoms with van der Waals surface area (Å²) >= 11 is 0. The van der Waals surface area contributed by atoms with Gasteiger partial charge in [0.25, 0.3) is 0 Å². The lowest BCUT2D eigenvalue weighted by Crippen LogP contribution is -2.63. The maximum absolute atomic E-state index is 9.04. The maximum atomic E-state index is 9.04. The fourth-order valence-electron chi connectivity index (χ4n) is 2.84. The third-order valence-corrected chi connectivity index (χ3v) is 3.63. The number of nitriles is 1. The number of para-hydroxylation sites is 2. The van der Waals surface area contributed by atoms with Crippen LogP contribution in [0.25, 0.3) is 0 Å². The van der Waals surface area contributed by atoms with E-state index in [9.17, 15) is 0 Å². The number of nitrogens with one attached hydrogen (secondary N) is 1. The quantitative estimate of drug-likeness (QED) is 0.903. The molecule has 0 bridgehead atoms. The van der Waals surface area contributed by atoms with Crippen LogP contribution in [-0.4, -0.2) is 31.8 Å². The van der Waals surface area contributed by atoms with Crippen molar-refractivity contribution in [2.45, 2.75) is 31.8 Å². The average molecular weight is 259 g/mol. The summed E-state index contributed by atoms with van der Waals surface area (Å²) in [5, 5.41) is 12.5. The zero-order valence-electron chi connectivity index (χ0n) is 11.8. The normalized spacial score (nSPS) is 21.8. The molecule has 4 nitrogen and oxygen atoms in total. The van der Waals surface area contributed by atoms with Crippen molar-refractivity contribution in [3.05, 3.63) is 24.3 Å². The number of benzene rings is 1. The summed E-state index contributed by atoms with van der Waals surface area (Å²) in [6, 6.07) is 10.5. The van der Waals surface area contributed by atoms with Gasteiger partial charge in [0.1, 0.15) is 5.75 Å². The highest BCUT2D eigenvalue weighted by Crippen LogP contribution is 2.36. The molecule has 102 valence electrons.